The summed E-state index contributed by atoms with van der Waals surface area (Å²) < 4.78 is 0. The fraction of sp³-hybridized carbons (Fsp3) is 0.692. The van der Waals surface area contributed by atoms with Crippen molar-refractivity contribution >= 4 is 17.4 Å². The van der Waals surface area contributed by atoms with E-state index in [0.29, 0.717) is 11.1 Å². The van der Waals surface area contributed by atoms with Gasteiger partial charge in [0.15, 0.2) is 0 Å². The molecule has 1 aliphatic rings. The Labute approximate surface area is 108 Å². The van der Waals surface area contributed by atoms with E-state index in [1.807, 2.05) is 0 Å². The molecule has 0 spiro atoms. The summed E-state index contributed by atoms with van der Waals surface area (Å²) in [5.41, 5.74) is 1.10. The van der Waals surface area contributed by atoms with Crippen LogP contribution in [0.25, 0.3) is 0 Å². The summed E-state index contributed by atoms with van der Waals surface area (Å²) in [6, 6.07) is 0. The second-order valence-corrected chi connectivity index (χ2v) is 6.06. The monoisotopic (exact) mass is 253 g/mol. The molecule has 0 amide bonds. The number of hydrogen-bond acceptors (Lipinski definition) is 3. The molecule has 0 unspecified atom stereocenters. The molecule has 0 aliphatic heterocycles. The smallest absolute Gasteiger partial charge is 0.138 e. The van der Waals surface area contributed by atoms with Crippen LogP contribution in [0.4, 0.5) is 5.82 Å². The third-order valence-corrected chi connectivity index (χ3v) is 3.75. The Morgan fingerprint density at radius 2 is 2.00 bits per heavy atom. The topological polar surface area (TPSA) is 37.8 Å². The standard InChI is InChI=1S/C13H20ClN3/c1-8(2)10-11(14)15-7-16-12(10)17-13(3,4)9-5-6-9/h7-9H,5-6H2,1-4H3,(H,15,16,17). The Hall–Kier alpha value is -0.830. The van der Waals surface area contributed by atoms with Gasteiger partial charge in [0.05, 0.1) is 0 Å². The molecule has 0 atom stereocenters. The fourth-order valence-electron chi connectivity index (χ4n) is 2.20. The Morgan fingerprint density at radius 3 is 2.53 bits per heavy atom. The normalized spacial score (nSPS) is 16.4. The van der Waals surface area contributed by atoms with Gasteiger partial charge in [-0.25, -0.2) is 9.97 Å². The highest BCUT2D eigenvalue weighted by Crippen LogP contribution is 2.42. The van der Waals surface area contributed by atoms with Crippen LogP contribution >= 0.6 is 11.6 Å². The minimum Gasteiger partial charge on any atom is -0.365 e. The Kier molecular flexibility index (Phi) is 3.30. The minimum absolute atomic E-state index is 0.0846. The molecule has 0 saturated heterocycles. The van der Waals surface area contributed by atoms with E-state index in [0.717, 1.165) is 17.3 Å². The molecule has 94 valence electrons. The third-order valence-electron chi connectivity index (χ3n) is 3.45. The number of anilines is 1. The van der Waals surface area contributed by atoms with Gasteiger partial charge < -0.3 is 5.32 Å². The molecule has 2 rings (SSSR count). The van der Waals surface area contributed by atoms with Gasteiger partial charge in [0, 0.05) is 11.1 Å². The average molecular weight is 254 g/mol. The highest BCUT2D eigenvalue weighted by atomic mass is 35.5. The Bertz CT molecular complexity index is 411. The molecule has 4 heteroatoms. The van der Waals surface area contributed by atoms with E-state index < -0.39 is 0 Å². The van der Waals surface area contributed by atoms with E-state index in [1.54, 1.807) is 0 Å². The molecule has 1 saturated carbocycles. The van der Waals surface area contributed by atoms with Crippen molar-refractivity contribution in [1.29, 1.82) is 0 Å². The van der Waals surface area contributed by atoms with E-state index in [1.165, 1.54) is 19.2 Å². The Morgan fingerprint density at radius 1 is 1.35 bits per heavy atom. The van der Waals surface area contributed by atoms with Crippen LogP contribution in [0.1, 0.15) is 52.0 Å². The van der Waals surface area contributed by atoms with Crippen molar-refractivity contribution < 1.29 is 0 Å². The maximum Gasteiger partial charge on any atom is 0.138 e. The van der Waals surface area contributed by atoms with Crippen molar-refractivity contribution in [2.45, 2.75) is 52.0 Å². The first kappa shape index (κ1) is 12.6. The zero-order valence-electron chi connectivity index (χ0n) is 10.9. The number of rotatable bonds is 4. The van der Waals surface area contributed by atoms with Crippen molar-refractivity contribution in [2.75, 3.05) is 5.32 Å². The number of nitrogens with one attached hydrogen (secondary N) is 1. The lowest BCUT2D eigenvalue weighted by atomic mass is 9.97. The molecule has 1 aliphatic carbocycles. The first-order chi connectivity index (χ1) is 7.92. The van der Waals surface area contributed by atoms with Gasteiger partial charge in [-0.1, -0.05) is 25.4 Å². The van der Waals surface area contributed by atoms with Crippen molar-refractivity contribution in [2.24, 2.45) is 5.92 Å². The predicted molar refractivity (Wildman–Crippen MR) is 71.6 cm³/mol. The van der Waals surface area contributed by atoms with Crippen LogP contribution in [0.5, 0.6) is 0 Å². The van der Waals surface area contributed by atoms with E-state index in [2.05, 4.69) is 43.0 Å². The lowest BCUT2D eigenvalue weighted by Crippen LogP contribution is -2.34. The van der Waals surface area contributed by atoms with Gasteiger partial charge in [-0.15, -0.1) is 0 Å². The minimum atomic E-state index is 0.0846. The molecule has 17 heavy (non-hydrogen) atoms. The summed E-state index contributed by atoms with van der Waals surface area (Å²) in [4.78, 5) is 8.42. The van der Waals surface area contributed by atoms with Crippen LogP contribution in [-0.2, 0) is 0 Å². The summed E-state index contributed by atoms with van der Waals surface area (Å²) >= 11 is 6.16. The van der Waals surface area contributed by atoms with Gasteiger partial charge in [-0.3, -0.25) is 0 Å². The van der Waals surface area contributed by atoms with Crippen molar-refractivity contribution in [3.05, 3.63) is 17.0 Å². The number of aromatic nitrogens is 2. The number of nitrogens with zero attached hydrogens (tertiary/aromatic N) is 2. The molecule has 1 aromatic heterocycles. The second kappa shape index (κ2) is 4.45. The molecule has 0 radical (unpaired) electrons. The van der Waals surface area contributed by atoms with Crippen LogP contribution in [0.3, 0.4) is 0 Å². The first-order valence-corrected chi connectivity index (χ1v) is 6.58. The first-order valence-electron chi connectivity index (χ1n) is 6.20. The maximum atomic E-state index is 6.16. The van der Waals surface area contributed by atoms with Crippen molar-refractivity contribution in [3.8, 4) is 0 Å². The quantitative estimate of drug-likeness (QED) is 0.829. The molecule has 1 N–H and O–H groups in total. The lowest BCUT2D eigenvalue weighted by Gasteiger charge is -2.28. The van der Waals surface area contributed by atoms with Gasteiger partial charge in [0.1, 0.15) is 17.3 Å². The molecule has 3 nitrogen and oxygen atoms in total. The molecular formula is C13H20ClN3. The maximum absolute atomic E-state index is 6.16. The van der Waals surface area contributed by atoms with E-state index in [4.69, 9.17) is 11.6 Å². The van der Waals surface area contributed by atoms with Gasteiger partial charge >= 0.3 is 0 Å². The van der Waals surface area contributed by atoms with Crippen molar-refractivity contribution in [3.63, 3.8) is 0 Å². The van der Waals surface area contributed by atoms with Crippen LogP contribution in [-0.4, -0.2) is 15.5 Å². The zero-order valence-corrected chi connectivity index (χ0v) is 11.7. The Balaban J connectivity index is 2.28. The summed E-state index contributed by atoms with van der Waals surface area (Å²) in [6.07, 6.45) is 4.13. The van der Waals surface area contributed by atoms with Gasteiger partial charge in [-0.2, -0.15) is 0 Å². The number of hydrogen-bond donors (Lipinski definition) is 1. The van der Waals surface area contributed by atoms with E-state index in [9.17, 15) is 0 Å². The van der Waals surface area contributed by atoms with Gasteiger partial charge in [0.25, 0.3) is 0 Å². The van der Waals surface area contributed by atoms with E-state index >= 15 is 0 Å². The second-order valence-electron chi connectivity index (χ2n) is 5.70. The molecule has 0 aromatic carbocycles. The summed E-state index contributed by atoms with van der Waals surface area (Å²) in [7, 11) is 0. The molecule has 1 heterocycles. The van der Waals surface area contributed by atoms with Crippen LogP contribution in [0.2, 0.25) is 5.15 Å². The molecular weight excluding hydrogens is 234 g/mol. The zero-order chi connectivity index (χ0) is 12.6. The molecule has 0 bridgehead atoms. The van der Waals surface area contributed by atoms with Gasteiger partial charge in [0.2, 0.25) is 0 Å². The summed E-state index contributed by atoms with van der Waals surface area (Å²) in [6.45, 7) is 8.68. The van der Waals surface area contributed by atoms with Gasteiger partial charge in [-0.05, 0) is 38.5 Å². The predicted octanol–water partition coefficient (Wildman–Crippen LogP) is 3.85. The van der Waals surface area contributed by atoms with E-state index in [-0.39, 0.29) is 5.54 Å². The molecule has 1 aromatic rings. The van der Waals surface area contributed by atoms with Crippen LogP contribution in [0, 0.1) is 5.92 Å². The highest BCUT2D eigenvalue weighted by molar-refractivity contribution is 6.30. The summed E-state index contributed by atoms with van der Waals surface area (Å²) in [5, 5.41) is 4.09. The van der Waals surface area contributed by atoms with Crippen LogP contribution in [0.15, 0.2) is 6.33 Å². The largest absolute Gasteiger partial charge is 0.365 e. The van der Waals surface area contributed by atoms with Crippen LogP contribution < -0.4 is 5.32 Å². The fourth-order valence-corrected chi connectivity index (χ4v) is 2.55. The summed E-state index contributed by atoms with van der Waals surface area (Å²) in [5.74, 6) is 1.95. The number of halogens is 1. The average Bonchev–Trinajstić information content (AvgIpc) is 2.98. The third kappa shape index (κ3) is 2.71. The molecule has 1 fully saturated rings. The highest BCUT2D eigenvalue weighted by Gasteiger charge is 2.38. The van der Waals surface area contributed by atoms with Crippen molar-refractivity contribution in [1.82, 2.24) is 9.97 Å². The SMILES string of the molecule is CC(C)c1c(Cl)ncnc1NC(C)(C)C1CC1. The lowest BCUT2D eigenvalue weighted by molar-refractivity contribution is 0.491.